The number of likely N-dealkylation sites (N-methyl/N-ethyl adjacent to an activating group) is 1. The van der Waals surface area contributed by atoms with Crippen LogP contribution in [0.1, 0.15) is 12.8 Å². The van der Waals surface area contributed by atoms with E-state index in [1.807, 2.05) is 0 Å². The number of alkyl halides is 3. The summed E-state index contributed by atoms with van der Waals surface area (Å²) in [4.78, 5) is 13.2. The number of urea groups is 1. The Balaban J connectivity index is 1.91. The standard InChI is InChI=1S/C14H17F3N2O3/c1-19(8-12(20)9-5-6-9)13(21)18-10-3-2-4-11(7-10)22-14(15,16)17/h2-4,7,9,12,20H,5-6,8H2,1H3,(H,18,21). The molecule has 1 unspecified atom stereocenters. The SMILES string of the molecule is CN(CC(O)C1CC1)C(=O)Nc1cccc(OC(F)(F)F)c1. The van der Waals surface area contributed by atoms with Gasteiger partial charge in [-0.15, -0.1) is 13.2 Å². The zero-order valence-electron chi connectivity index (χ0n) is 11.9. The van der Waals surface area contributed by atoms with Crippen LogP contribution in [-0.4, -0.2) is 42.1 Å². The second kappa shape index (κ2) is 6.43. The van der Waals surface area contributed by atoms with Gasteiger partial charge in [0.2, 0.25) is 0 Å². The molecular formula is C14H17F3N2O3. The van der Waals surface area contributed by atoms with Gasteiger partial charge < -0.3 is 20.1 Å². The van der Waals surface area contributed by atoms with E-state index in [1.165, 1.54) is 24.1 Å². The molecule has 0 bridgehead atoms. The van der Waals surface area contributed by atoms with Crippen molar-refractivity contribution < 1.29 is 27.8 Å². The van der Waals surface area contributed by atoms with Crippen LogP contribution in [0.4, 0.5) is 23.7 Å². The lowest BCUT2D eigenvalue weighted by atomic mass is 10.2. The number of rotatable bonds is 5. The topological polar surface area (TPSA) is 61.8 Å². The van der Waals surface area contributed by atoms with Gasteiger partial charge in [0.05, 0.1) is 6.10 Å². The first-order valence-electron chi connectivity index (χ1n) is 6.80. The first-order chi connectivity index (χ1) is 10.2. The maximum atomic E-state index is 12.1. The summed E-state index contributed by atoms with van der Waals surface area (Å²) in [5.74, 6) is -0.176. The summed E-state index contributed by atoms with van der Waals surface area (Å²) in [6.45, 7) is 0.176. The smallest absolute Gasteiger partial charge is 0.406 e. The Kier molecular flexibility index (Phi) is 4.80. The van der Waals surface area contributed by atoms with Crippen molar-refractivity contribution >= 4 is 11.7 Å². The fourth-order valence-electron chi connectivity index (χ4n) is 1.98. The van der Waals surface area contributed by atoms with Gasteiger partial charge in [0, 0.05) is 25.3 Å². The number of ether oxygens (including phenoxy) is 1. The molecule has 2 rings (SSSR count). The molecule has 1 fully saturated rings. The van der Waals surface area contributed by atoms with Crippen LogP contribution in [0.3, 0.4) is 0 Å². The molecule has 22 heavy (non-hydrogen) atoms. The van der Waals surface area contributed by atoms with Gasteiger partial charge in [-0.25, -0.2) is 4.79 Å². The normalized spacial score (nSPS) is 16.0. The molecule has 1 aromatic rings. The molecule has 0 heterocycles. The number of amides is 2. The van der Waals surface area contributed by atoms with Crippen LogP contribution in [0.2, 0.25) is 0 Å². The first-order valence-corrected chi connectivity index (χ1v) is 6.80. The van der Waals surface area contributed by atoms with Gasteiger partial charge in [0.25, 0.3) is 0 Å². The number of hydrogen-bond acceptors (Lipinski definition) is 3. The predicted molar refractivity (Wildman–Crippen MR) is 73.5 cm³/mol. The van der Waals surface area contributed by atoms with Gasteiger partial charge in [0.1, 0.15) is 5.75 Å². The molecule has 1 aliphatic rings. The van der Waals surface area contributed by atoms with E-state index in [4.69, 9.17) is 0 Å². The average Bonchev–Trinajstić information content (AvgIpc) is 3.20. The number of carbonyl (C=O) groups is 1. The van der Waals surface area contributed by atoms with Crippen molar-refractivity contribution in [1.82, 2.24) is 4.90 Å². The molecule has 2 amide bonds. The Morgan fingerprint density at radius 2 is 2.18 bits per heavy atom. The first kappa shape index (κ1) is 16.4. The maximum absolute atomic E-state index is 12.1. The Morgan fingerprint density at radius 1 is 1.50 bits per heavy atom. The second-order valence-corrected chi connectivity index (χ2v) is 5.29. The number of aliphatic hydroxyl groups excluding tert-OH is 1. The lowest BCUT2D eigenvalue weighted by Crippen LogP contribution is -2.38. The number of benzene rings is 1. The summed E-state index contributed by atoms with van der Waals surface area (Å²) in [5, 5.41) is 12.2. The third-order valence-corrected chi connectivity index (χ3v) is 3.29. The molecule has 0 radical (unpaired) electrons. The Hall–Kier alpha value is -1.96. The third-order valence-electron chi connectivity index (χ3n) is 3.29. The number of halogens is 3. The molecule has 1 atom stereocenters. The van der Waals surface area contributed by atoms with E-state index in [0.717, 1.165) is 25.0 Å². The molecular weight excluding hydrogens is 301 g/mol. The summed E-state index contributed by atoms with van der Waals surface area (Å²) in [7, 11) is 1.51. The van der Waals surface area contributed by atoms with Crippen molar-refractivity contribution in [2.75, 3.05) is 18.9 Å². The molecule has 1 aromatic carbocycles. The van der Waals surface area contributed by atoms with Crippen LogP contribution in [0, 0.1) is 5.92 Å². The number of aliphatic hydroxyl groups is 1. The maximum Gasteiger partial charge on any atom is 0.573 e. The molecule has 1 aliphatic carbocycles. The van der Waals surface area contributed by atoms with Gasteiger partial charge >= 0.3 is 12.4 Å². The van der Waals surface area contributed by atoms with Crippen molar-refractivity contribution in [3.8, 4) is 5.75 Å². The van der Waals surface area contributed by atoms with Crippen molar-refractivity contribution in [2.24, 2.45) is 5.92 Å². The number of anilines is 1. The minimum atomic E-state index is -4.78. The van der Waals surface area contributed by atoms with Crippen molar-refractivity contribution in [3.05, 3.63) is 24.3 Å². The summed E-state index contributed by atoms with van der Waals surface area (Å²) in [5.41, 5.74) is 0.180. The monoisotopic (exact) mass is 318 g/mol. The Bertz CT molecular complexity index is 532. The van der Waals surface area contributed by atoms with Crippen molar-refractivity contribution in [3.63, 3.8) is 0 Å². The Labute approximate surface area is 125 Å². The van der Waals surface area contributed by atoms with E-state index in [9.17, 15) is 23.1 Å². The van der Waals surface area contributed by atoms with E-state index in [-0.39, 0.29) is 18.2 Å². The fourth-order valence-corrected chi connectivity index (χ4v) is 1.98. The molecule has 122 valence electrons. The average molecular weight is 318 g/mol. The van der Waals surface area contributed by atoms with Crippen LogP contribution < -0.4 is 10.1 Å². The largest absolute Gasteiger partial charge is 0.573 e. The summed E-state index contributed by atoms with van der Waals surface area (Å²) >= 11 is 0. The van der Waals surface area contributed by atoms with E-state index in [2.05, 4.69) is 10.1 Å². The predicted octanol–water partition coefficient (Wildman–Crippen LogP) is 2.82. The van der Waals surface area contributed by atoms with Crippen LogP contribution in [0.15, 0.2) is 24.3 Å². The van der Waals surface area contributed by atoms with Crippen molar-refractivity contribution in [1.29, 1.82) is 0 Å². The van der Waals surface area contributed by atoms with E-state index >= 15 is 0 Å². The number of nitrogens with zero attached hydrogens (tertiary/aromatic N) is 1. The van der Waals surface area contributed by atoms with Gasteiger partial charge in [0.15, 0.2) is 0 Å². The lowest BCUT2D eigenvalue weighted by molar-refractivity contribution is -0.274. The van der Waals surface area contributed by atoms with Gasteiger partial charge in [-0.3, -0.25) is 0 Å². The number of carbonyl (C=O) groups excluding carboxylic acids is 1. The Morgan fingerprint density at radius 3 is 2.77 bits per heavy atom. The van der Waals surface area contributed by atoms with Crippen LogP contribution in [0.25, 0.3) is 0 Å². The quantitative estimate of drug-likeness (QED) is 0.877. The highest BCUT2D eigenvalue weighted by Crippen LogP contribution is 2.32. The molecule has 0 aromatic heterocycles. The second-order valence-electron chi connectivity index (χ2n) is 5.29. The highest BCUT2D eigenvalue weighted by Gasteiger charge is 2.32. The highest BCUT2D eigenvalue weighted by molar-refractivity contribution is 5.89. The lowest BCUT2D eigenvalue weighted by Gasteiger charge is -2.21. The summed E-state index contributed by atoms with van der Waals surface area (Å²) < 4.78 is 40.2. The van der Waals surface area contributed by atoms with Crippen LogP contribution >= 0.6 is 0 Å². The van der Waals surface area contributed by atoms with Crippen molar-refractivity contribution in [2.45, 2.75) is 25.3 Å². The molecule has 2 N–H and O–H groups in total. The number of hydrogen-bond donors (Lipinski definition) is 2. The fraction of sp³-hybridized carbons (Fsp3) is 0.500. The summed E-state index contributed by atoms with van der Waals surface area (Å²) in [6.07, 6.45) is -3.45. The third kappa shape index (κ3) is 5.10. The number of nitrogens with one attached hydrogen (secondary N) is 1. The van der Waals surface area contributed by atoms with Gasteiger partial charge in [-0.2, -0.15) is 0 Å². The molecule has 8 heteroatoms. The van der Waals surface area contributed by atoms with E-state index in [1.54, 1.807) is 0 Å². The van der Waals surface area contributed by atoms with E-state index < -0.39 is 24.2 Å². The zero-order chi connectivity index (χ0) is 16.3. The highest BCUT2D eigenvalue weighted by atomic mass is 19.4. The zero-order valence-corrected chi connectivity index (χ0v) is 11.9. The summed E-state index contributed by atoms with van der Waals surface area (Å²) in [6, 6.07) is 4.51. The van der Waals surface area contributed by atoms with Crippen LogP contribution in [-0.2, 0) is 0 Å². The van der Waals surface area contributed by atoms with Gasteiger partial charge in [-0.05, 0) is 30.9 Å². The molecule has 0 aliphatic heterocycles. The minimum Gasteiger partial charge on any atom is -0.406 e. The molecule has 0 saturated heterocycles. The minimum absolute atomic E-state index is 0.176. The van der Waals surface area contributed by atoms with Crippen LogP contribution in [0.5, 0.6) is 5.75 Å². The molecule has 1 saturated carbocycles. The molecule has 0 spiro atoms. The van der Waals surface area contributed by atoms with E-state index in [0.29, 0.717) is 0 Å². The molecule has 5 nitrogen and oxygen atoms in total. The van der Waals surface area contributed by atoms with Gasteiger partial charge in [-0.1, -0.05) is 6.07 Å².